The summed E-state index contributed by atoms with van der Waals surface area (Å²) < 4.78 is 0. The lowest BCUT2D eigenvalue weighted by Crippen LogP contribution is -2.07. The molecule has 0 aliphatic carbocycles. The first-order valence-electron chi connectivity index (χ1n) is 4.12. The molecule has 3 N–H and O–H groups in total. The highest BCUT2D eigenvalue weighted by atomic mass is 16.4. The molecule has 0 amide bonds. The minimum atomic E-state index is -0.895. The first-order chi connectivity index (χ1) is 6.02. The summed E-state index contributed by atoms with van der Waals surface area (Å²) in [5.41, 5.74) is 7.71. The maximum absolute atomic E-state index is 10.7. The van der Waals surface area contributed by atoms with Gasteiger partial charge in [-0.3, -0.25) is 0 Å². The molecule has 0 radical (unpaired) electrons. The molecule has 1 atom stereocenters. The van der Waals surface area contributed by atoms with E-state index in [4.69, 9.17) is 10.8 Å². The number of nitrogens with two attached hydrogens (primary N) is 1. The zero-order chi connectivity index (χ0) is 10.0. The van der Waals surface area contributed by atoms with Gasteiger partial charge in [0.1, 0.15) is 0 Å². The highest BCUT2D eigenvalue weighted by Crippen LogP contribution is 2.15. The predicted octanol–water partition coefficient (Wildman–Crippen LogP) is 1.71. The van der Waals surface area contributed by atoms with Crippen molar-refractivity contribution >= 4 is 5.97 Å². The van der Waals surface area contributed by atoms with Crippen LogP contribution in [-0.2, 0) is 0 Å². The highest BCUT2D eigenvalue weighted by molar-refractivity contribution is 5.89. The maximum atomic E-state index is 10.7. The second-order valence-corrected chi connectivity index (χ2v) is 3.17. The Labute approximate surface area is 77.2 Å². The van der Waals surface area contributed by atoms with E-state index in [2.05, 4.69) is 0 Å². The largest absolute Gasteiger partial charge is 0.478 e. The molecule has 0 bridgehead atoms. The summed E-state index contributed by atoms with van der Waals surface area (Å²) >= 11 is 0. The molecular formula is C10H13NO2. The fourth-order valence-electron chi connectivity index (χ4n) is 1.21. The standard InChI is InChI=1S/C10H13NO2/c1-6-5-8(7(2)11)3-4-9(6)10(12)13/h3-5,7H,11H2,1-2H3,(H,12,13). The van der Waals surface area contributed by atoms with Crippen LogP contribution in [0.5, 0.6) is 0 Å². The monoisotopic (exact) mass is 179 g/mol. The summed E-state index contributed by atoms with van der Waals surface area (Å²) in [7, 11) is 0. The van der Waals surface area contributed by atoms with E-state index in [-0.39, 0.29) is 6.04 Å². The van der Waals surface area contributed by atoms with E-state index < -0.39 is 5.97 Å². The Hall–Kier alpha value is -1.35. The van der Waals surface area contributed by atoms with Crippen molar-refractivity contribution in [2.45, 2.75) is 19.9 Å². The first kappa shape index (κ1) is 9.74. The Morgan fingerprint density at radius 1 is 1.54 bits per heavy atom. The van der Waals surface area contributed by atoms with Crippen molar-refractivity contribution in [1.29, 1.82) is 0 Å². The molecule has 0 heterocycles. The number of aromatic carboxylic acids is 1. The number of carbonyl (C=O) groups is 1. The Morgan fingerprint density at radius 3 is 2.54 bits per heavy atom. The number of carboxylic acids is 1. The summed E-state index contributed by atoms with van der Waals surface area (Å²) in [4.78, 5) is 10.7. The molecule has 3 heteroatoms. The Kier molecular flexibility index (Phi) is 2.68. The van der Waals surface area contributed by atoms with Crippen molar-refractivity contribution < 1.29 is 9.90 Å². The number of hydrogen-bond donors (Lipinski definition) is 2. The molecule has 1 aromatic rings. The van der Waals surface area contributed by atoms with Gasteiger partial charge in [0.15, 0.2) is 0 Å². The Morgan fingerprint density at radius 2 is 2.15 bits per heavy atom. The van der Waals surface area contributed by atoms with Gasteiger partial charge in [-0.05, 0) is 31.0 Å². The van der Waals surface area contributed by atoms with Gasteiger partial charge in [0, 0.05) is 6.04 Å². The van der Waals surface area contributed by atoms with Crippen molar-refractivity contribution in [3.05, 3.63) is 34.9 Å². The van der Waals surface area contributed by atoms with Crippen molar-refractivity contribution in [2.75, 3.05) is 0 Å². The third-order valence-electron chi connectivity index (χ3n) is 2.01. The van der Waals surface area contributed by atoms with Gasteiger partial charge in [-0.15, -0.1) is 0 Å². The molecule has 70 valence electrons. The molecule has 1 rings (SSSR count). The minimum Gasteiger partial charge on any atom is -0.478 e. The number of carboxylic acid groups (broad SMARTS) is 1. The third-order valence-corrected chi connectivity index (χ3v) is 2.01. The molecule has 0 aliphatic rings. The van der Waals surface area contributed by atoms with Gasteiger partial charge in [0.2, 0.25) is 0 Å². The lowest BCUT2D eigenvalue weighted by atomic mass is 10.0. The zero-order valence-electron chi connectivity index (χ0n) is 7.74. The van der Waals surface area contributed by atoms with Gasteiger partial charge >= 0.3 is 5.97 Å². The van der Waals surface area contributed by atoms with Crippen molar-refractivity contribution in [3.63, 3.8) is 0 Å². The number of aryl methyl sites for hydroxylation is 1. The van der Waals surface area contributed by atoms with E-state index in [0.29, 0.717) is 5.56 Å². The quantitative estimate of drug-likeness (QED) is 0.726. The number of benzene rings is 1. The van der Waals surface area contributed by atoms with Crippen LogP contribution in [0.25, 0.3) is 0 Å². The lowest BCUT2D eigenvalue weighted by Gasteiger charge is -2.07. The summed E-state index contributed by atoms with van der Waals surface area (Å²) in [6.45, 7) is 3.64. The zero-order valence-corrected chi connectivity index (χ0v) is 7.74. The second kappa shape index (κ2) is 3.58. The third kappa shape index (κ3) is 2.06. The smallest absolute Gasteiger partial charge is 0.335 e. The highest BCUT2D eigenvalue weighted by Gasteiger charge is 2.08. The molecule has 13 heavy (non-hydrogen) atoms. The van der Waals surface area contributed by atoms with Gasteiger partial charge in [-0.2, -0.15) is 0 Å². The predicted molar refractivity (Wildman–Crippen MR) is 50.7 cm³/mol. The summed E-state index contributed by atoms with van der Waals surface area (Å²) in [6.07, 6.45) is 0. The van der Waals surface area contributed by atoms with Gasteiger partial charge in [0.25, 0.3) is 0 Å². The molecule has 0 spiro atoms. The van der Waals surface area contributed by atoms with E-state index in [1.165, 1.54) is 0 Å². The average molecular weight is 179 g/mol. The normalized spacial score (nSPS) is 12.5. The number of rotatable bonds is 2. The molecule has 0 saturated heterocycles. The molecule has 1 aromatic carbocycles. The summed E-state index contributed by atoms with van der Waals surface area (Å²) in [5, 5.41) is 8.76. The lowest BCUT2D eigenvalue weighted by molar-refractivity contribution is 0.0696. The van der Waals surface area contributed by atoms with E-state index in [9.17, 15) is 4.79 Å². The fourth-order valence-corrected chi connectivity index (χ4v) is 1.21. The SMILES string of the molecule is Cc1cc(C(C)N)ccc1C(=O)O. The molecule has 0 aliphatic heterocycles. The van der Waals surface area contributed by atoms with E-state index in [1.54, 1.807) is 19.1 Å². The van der Waals surface area contributed by atoms with E-state index in [1.807, 2.05) is 13.0 Å². The summed E-state index contributed by atoms with van der Waals surface area (Å²) in [5.74, 6) is -0.895. The molecule has 0 aromatic heterocycles. The van der Waals surface area contributed by atoms with Crippen LogP contribution in [0.3, 0.4) is 0 Å². The van der Waals surface area contributed by atoms with Crippen LogP contribution in [0.4, 0.5) is 0 Å². The molecular weight excluding hydrogens is 166 g/mol. The Balaban J connectivity index is 3.13. The average Bonchev–Trinajstić information content (AvgIpc) is 2.03. The van der Waals surface area contributed by atoms with Crippen LogP contribution in [0.15, 0.2) is 18.2 Å². The topological polar surface area (TPSA) is 63.3 Å². The van der Waals surface area contributed by atoms with Gasteiger partial charge in [0.05, 0.1) is 5.56 Å². The van der Waals surface area contributed by atoms with Crippen molar-refractivity contribution in [3.8, 4) is 0 Å². The van der Waals surface area contributed by atoms with Gasteiger partial charge in [-0.1, -0.05) is 12.1 Å². The van der Waals surface area contributed by atoms with Crippen LogP contribution in [0.2, 0.25) is 0 Å². The van der Waals surface area contributed by atoms with Gasteiger partial charge in [-0.25, -0.2) is 4.79 Å². The van der Waals surface area contributed by atoms with E-state index >= 15 is 0 Å². The van der Waals surface area contributed by atoms with Crippen molar-refractivity contribution in [2.24, 2.45) is 5.73 Å². The molecule has 3 nitrogen and oxygen atoms in total. The van der Waals surface area contributed by atoms with Crippen LogP contribution in [-0.4, -0.2) is 11.1 Å². The van der Waals surface area contributed by atoms with E-state index in [0.717, 1.165) is 11.1 Å². The summed E-state index contributed by atoms with van der Waals surface area (Å²) in [6, 6.07) is 5.10. The van der Waals surface area contributed by atoms with Crippen LogP contribution in [0.1, 0.15) is 34.5 Å². The minimum absolute atomic E-state index is 0.0541. The molecule has 0 saturated carbocycles. The first-order valence-corrected chi connectivity index (χ1v) is 4.12. The fraction of sp³-hybridized carbons (Fsp3) is 0.300. The van der Waals surface area contributed by atoms with Gasteiger partial charge < -0.3 is 10.8 Å². The van der Waals surface area contributed by atoms with Crippen LogP contribution < -0.4 is 5.73 Å². The van der Waals surface area contributed by atoms with Crippen LogP contribution >= 0.6 is 0 Å². The van der Waals surface area contributed by atoms with Crippen LogP contribution in [0, 0.1) is 6.92 Å². The second-order valence-electron chi connectivity index (χ2n) is 3.17. The molecule has 1 unspecified atom stereocenters. The maximum Gasteiger partial charge on any atom is 0.335 e. The number of hydrogen-bond acceptors (Lipinski definition) is 2. The Bertz CT molecular complexity index is 332. The molecule has 0 fully saturated rings. The van der Waals surface area contributed by atoms with Crippen molar-refractivity contribution in [1.82, 2.24) is 0 Å².